The van der Waals surface area contributed by atoms with Crippen LogP contribution in [-0.4, -0.2) is 0 Å². The first-order valence-corrected chi connectivity index (χ1v) is 6.20. The van der Waals surface area contributed by atoms with Crippen LogP contribution in [0.15, 0.2) is 71.3 Å². The lowest BCUT2D eigenvalue weighted by molar-refractivity contribution is 0.479. The van der Waals surface area contributed by atoms with Crippen molar-refractivity contribution < 1.29 is 9.15 Å². The average Bonchev–Trinajstić information content (AvgIpc) is 2.96. The number of hydrogen-bond acceptors (Lipinski definition) is 2. The Morgan fingerprint density at radius 1 is 0.842 bits per heavy atom. The Morgan fingerprint density at radius 2 is 1.63 bits per heavy atom. The van der Waals surface area contributed by atoms with Gasteiger partial charge in [0.15, 0.2) is 0 Å². The summed E-state index contributed by atoms with van der Waals surface area (Å²) in [5, 5.41) is 0. The third-order valence-electron chi connectivity index (χ3n) is 2.98. The van der Waals surface area contributed by atoms with Gasteiger partial charge in [0.25, 0.3) is 0 Å². The maximum Gasteiger partial charge on any atom is 0.133 e. The Balaban J connectivity index is 1.82. The first-order chi connectivity index (χ1) is 9.33. The van der Waals surface area contributed by atoms with Crippen LogP contribution in [0.4, 0.5) is 0 Å². The highest BCUT2D eigenvalue weighted by Crippen LogP contribution is 2.27. The summed E-state index contributed by atoms with van der Waals surface area (Å²) in [4.78, 5) is 0. The molecule has 0 unspecified atom stereocenters. The molecule has 0 N–H and O–H groups in total. The van der Waals surface area contributed by atoms with E-state index in [1.165, 1.54) is 0 Å². The molecule has 0 spiro atoms. The third kappa shape index (κ3) is 2.52. The van der Waals surface area contributed by atoms with Crippen molar-refractivity contribution in [1.82, 2.24) is 0 Å². The molecular weight excluding hydrogens is 236 g/mol. The maximum absolute atomic E-state index is 5.85. The second-order valence-electron chi connectivity index (χ2n) is 4.37. The molecule has 0 fully saturated rings. The van der Waals surface area contributed by atoms with E-state index in [1.54, 1.807) is 6.26 Å². The fraction of sp³-hybridized carbons (Fsp3) is 0.0588. The van der Waals surface area contributed by atoms with E-state index < -0.39 is 0 Å². The highest BCUT2D eigenvalue weighted by Gasteiger charge is 2.03. The maximum atomic E-state index is 5.85. The Bertz CT molecular complexity index is 652. The molecule has 0 saturated carbocycles. The standard InChI is InChI=1S/C17H14O2/c1-13-5-2-3-6-16(13)19-15-10-8-14(9-11-15)17-7-4-12-18-17/h2-12H,1H3. The topological polar surface area (TPSA) is 22.4 Å². The van der Waals surface area contributed by atoms with Gasteiger partial charge >= 0.3 is 0 Å². The van der Waals surface area contributed by atoms with Gasteiger partial charge < -0.3 is 9.15 Å². The molecule has 94 valence electrons. The van der Waals surface area contributed by atoms with Crippen LogP contribution in [0.25, 0.3) is 11.3 Å². The van der Waals surface area contributed by atoms with E-state index >= 15 is 0 Å². The Hall–Kier alpha value is -2.48. The zero-order valence-corrected chi connectivity index (χ0v) is 10.7. The minimum atomic E-state index is 0.824. The molecule has 1 heterocycles. The quantitative estimate of drug-likeness (QED) is 0.649. The zero-order valence-electron chi connectivity index (χ0n) is 10.7. The van der Waals surface area contributed by atoms with Crippen molar-refractivity contribution in [3.63, 3.8) is 0 Å². The first-order valence-electron chi connectivity index (χ1n) is 6.20. The lowest BCUT2D eigenvalue weighted by Crippen LogP contribution is -1.86. The van der Waals surface area contributed by atoms with E-state index in [-0.39, 0.29) is 0 Å². The molecule has 0 aliphatic carbocycles. The number of rotatable bonds is 3. The van der Waals surface area contributed by atoms with Gasteiger partial charge in [-0.1, -0.05) is 18.2 Å². The number of para-hydroxylation sites is 1. The van der Waals surface area contributed by atoms with Crippen LogP contribution in [0.2, 0.25) is 0 Å². The molecule has 2 heteroatoms. The number of aryl methyl sites for hydroxylation is 1. The van der Waals surface area contributed by atoms with Crippen molar-refractivity contribution in [3.8, 4) is 22.8 Å². The van der Waals surface area contributed by atoms with Crippen LogP contribution in [0.5, 0.6) is 11.5 Å². The fourth-order valence-electron chi connectivity index (χ4n) is 1.93. The van der Waals surface area contributed by atoms with E-state index in [0.29, 0.717) is 0 Å². The van der Waals surface area contributed by atoms with Gasteiger partial charge in [0, 0.05) is 5.56 Å². The van der Waals surface area contributed by atoms with E-state index in [9.17, 15) is 0 Å². The Labute approximate surface area is 112 Å². The molecular formula is C17H14O2. The van der Waals surface area contributed by atoms with Crippen LogP contribution < -0.4 is 4.74 Å². The predicted octanol–water partition coefficient (Wildman–Crippen LogP) is 5.05. The number of hydrogen-bond donors (Lipinski definition) is 0. The molecule has 3 aromatic rings. The van der Waals surface area contributed by atoms with Crippen molar-refractivity contribution >= 4 is 0 Å². The van der Waals surface area contributed by atoms with Crippen molar-refractivity contribution in [2.75, 3.05) is 0 Å². The molecule has 2 aromatic carbocycles. The average molecular weight is 250 g/mol. The molecule has 0 amide bonds. The first kappa shape index (κ1) is 11.6. The molecule has 0 aliphatic rings. The van der Waals surface area contributed by atoms with E-state index in [1.807, 2.05) is 67.6 Å². The molecule has 1 aromatic heterocycles. The van der Waals surface area contributed by atoms with Gasteiger partial charge in [0.05, 0.1) is 6.26 Å². The lowest BCUT2D eigenvalue weighted by Gasteiger charge is -2.08. The van der Waals surface area contributed by atoms with Crippen molar-refractivity contribution in [2.24, 2.45) is 0 Å². The molecule has 0 saturated heterocycles. The number of furan rings is 1. The van der Waals surface area contributed by atoms with E-state index in [0.717, 1.165) is 28.4 Å². The van der Waals surface area contributed by atoms with Gasteiger partial charge in [-0.05, 0) is 55.0 Å². The smallest absolute Gasteiger partial charge is 0.133 e. The number of benzene rings is 2. The summed E-state index contributed by atoms with van der Waals surface area (Å²) in [6.07, 6.45) is 1.67. The molecule has 0 aliphatic heterocycles. The van der Waals surface area contributed by atoms with Crippen LogP contribution >= 0.6 is 0 Å². The normalized spacial score (nSPS) is 10.4. The molecule has 0 radical (unpaired) electrons. The highest BCUT2D eigenvalue weighted by molar-refractivity contribution is 5.58. The van der Waals surface area contributed by atoms with Gasteiger partial charge in [0.2, 0.25) is 0 Å². The molecule has 0 atom stereocenters. The van der Waals surface area contributed by atoms with Gasteiger partial charge in [-0.15, -0.1) is 0 Å². The molecule has 3 rings (SSSR count). The molecule has 0 bridgehead atoms. The number of ether oxygens (including phenoxy) is 1. The predicted molar refractivity (Wildman–Crippen MR) is 75.4 cm³/mol. The monoisotopic (exact) mass is 250 g/mol. The van der Waals surface area contributed by atoms with Crippen molar-refractivity contribution in [3.05, 3.63) is 72.5 Å². The van der Waals surface area contributed by atoms with Crippen LogP contribution in [0.3, 0.4) is 0 Å². The van der Waals surface area contributed by atoms with Crippen LogP contribution in [0.1, 0.15) is 5.56 Å². The van der Waals surface area contributed by atoms with Gasteiger partial charge in [-0.2, -0.15) is 0 Å². The minimum absolute atomic E-state index is 0.824. The summed E-state index contributed by atoms with van der Waals surface area (Å²) in [5.74, 6) is 2.57. The summed E-state index contributed by atoms with van der Waals surface area (Å²) < 4.78 is 11.2. The molecule has 19 heavy (non-hydrogen) atoms. The SMILES string of the molecule is Cc1ccccc1Oc1ccc(-c2ccco2)cc1. The van der Waals surface area contributed by atoms with Gasteiger partial charge in [0.1, 0.15) is 17.3 Å². The van der Waals surface area contributed by atoms with Gasteiger partial charge in [-0.3, -0.25) is 0 Å². The van der Waals surface area contributed by atoms with Crippen LogP contribution in [-0.2, 0) is 0 Å². The van der Waals surface area contributed by atoms with Crippen molar-refractivity contribution in [2.45, 2.75) is 6.92 Å². The second kappa shape index (κ2) is 5.02. The van der Waals surface area contributed by atoms with Crippen LogP contribution in [0, 0.1) is 6.92 Å². The fourth-order valence-corrected chi connectivity index (χ4v) is 1.93. The largest absolute Gasteiger partial charge is 0.464 e. The highest BCUT2D eigenvalue weighted by atomic mass is 16.5. The Kier molecular flexibility index (Phi) is 3.07. The third-order valence-corrected chi connectivity index (χ3v) is 2.98. The summed E-state index contributed by atoms with van der Waals surface area (Å²) >= 11 is 0. The van der Waals surface area contributed by atoms with Gasteiger partial charge in [-0.25, -0.2) is 0 Å². The van der Waals surface area contributed by atoms with Crippen molar-refractivity contribution in [1.29, 1.82) is 0 Å². The summed E-state index contributed by atoms with van der Waals surface area (Å²) in [6, 6.07) is 19.7. The zero-order chi connectivity index (χ0) is 13.1. The minimum Gasteiger partial charge on any atom is -0.464 e. The molecule has 2 nitrogen and oxygen atoms in total. The summed E-state index contributed by atoms with van der Waals surface area (Å²) in [7, 11) is 0. The van der Waals surface area contributed by atoms with E-state index in [2.05, 4.69) is 0 Å². The Morgan fingerprint density at radius 3 is 2.32 bits per heavy atom. The lowest BCUT2D eigenvalue weighted by atomic mass is 10.1. The van der Waals surface area contributed by atoms with E-state index in [4.69, 9.17) is 9.15 Å². The second-order valence-corrected chi connectivity index (χ2v) is 4.37. The summed E-state index contributed by atoms with van der Waals surface area (Å²) in [6.45, 7) is 2.03. The summed E-state index contributed by atoms with van der Waals surface area (Å²) in [5.41, 5.74) is 2.17.